The maximum Gasteiger partial charge on any atom is 0.336 e. The Hall–Kier alpha value is -2.83. The molecule has 0 aliphatic rings. The van der Waals surface area contributed by atoms with Crippen molar-refractivity contribution in [2.45, 2.75) is 58.4 Å². The van der Waals surface area contributed by atoms with E-state index in [1.165, 1.54) is 19.3 Å². The number of halogens is 1. The standard InChI is InChI=1S/C30H35ClNO6P/c1-2-3-4-5-6-9-22-14-17-26(38-18-8-19-39(35,36)37)28-27-24(30(33)34)10-7-11-25(27)32(29(22)28)20-21-12-15-23(31)16-13-21/h7,10-17H,2-6,8-9,18-20H2,1H3,(H,33,34)(H2,35,36,37). The number of nitrogens with zero attached hydrogens (tertiary/aromatic N) is 1. The molecule has 0 unspecified atom stereocenters. The molecule has 1 heterocycles. The van der Waals surface area contributed by atoms with Gasteiger partial charge < -0.3 is 24.2 Å². The fourth-order valence-corrected chi connectivity index (χ4v) is 5.79. The second-order valence-corrected chi connectivity index (χ2v) is 12.1. The summed E-state index contributed by atoms with van der Waals surface area (Å²) in [5.41, 5.74) is 4.05. The molecule has 0 bridgehead atoms. The highest BCUT2D eigenvalue weighted by molar-refractivity contribution is 7.51. The molecule has 1 aromatic heterocycles. The van der Waals surface area contributed by atoms with E-state index in [0.717, 1.165) is 46.8 Å². The van der Waals surface area contributed by atoms with Gasteiger partial charge in [-0.05, 0) is 60.7 Å². The van der Waals surface area contributed by atoms with Gasteiger partial charge in [0.1, 0.15) is 5.75 Å². The van der Waals surface area contributed by atoms with Gasteiger partial charge in [-0.15, -0.1) is 0 Å². The van der Waals surface area contributed by atoms with E-state index in [1.807, 2.05) is 42.5 Å². The fraction of sp³-hybridized carbons (Fsp3) is 0.367. The van der Waals surface area contributed by atoms with Gasteiger partial charge in [0.15, 0.2) is 0 Å². The molecule has 0 amide bonds. The van der Waals surface area contributed by atoms with Crippen molar-refractivity contribution in [1.82, 2.24) is 4.57 Å². The zero-order valence-corrected chi connectivity index (χ0v) is 23.8. The number of hydrogen-bond acceptors (Lipinski definition) is 3. The van der Waals surface area contributed by atoms with Crippen LogP contribution in [-0.4, -0.2) is 38.2 Å². The van der Waals surface area contributed by atoms with Crippen LogP contribution in [0.5, 0.6) is 5.75 Å². The Morgan fingerprint density at radius 2 is 1.69 bits per heavy atom. The number of hydrogen-bond donors (Lipinski definition) is 3. The molecule has 0 atom stereocenters. The van der Waals surface area contributed by atoms with Gasteiger partial charge in [0, 0.05) is 17.0 Å². The second-order valence-electron chi connectivity index (χ2n) is 9.92. The van der Waals surface area contributed by atoms with Gasteiger partial charge in [-0.2, -0.15) is 0 Å². The maximum atomic E-state index is 12.4. The van der Waals surface area contributed by atoms with Gasteiger partial charge in [-0.3, -0.25) is 4.57 Å². The van der Waals surface area contributed by atoms with Crippen LogP contribution in [0.4, 0.5) is 0 Å². The van der Waals surface area contributed by atoms with Crippen LogP contribution in [0.15, 0.2) is 54.6 Å². The Morgan fingerprint density at radius 1 is 0.949 bits per heavy atom. The predicted molar refractivity (Wildman–Crippen MR) is 156 cm³/mol. The van der Waals surface area contributed by atoms with Gasteiger partial charge in [0.25, 0.3) is 0 Å². The minimum Gasteiger partial charge on any atom is -0.493 e. The molecule has 3 aromatic carbocycles. The number of fused-ring (bicyclic) bond motifs is 3. The number of benzene rings is 3. The Bertz CT molecular complexity index is 1490. The van der Waals surface area contributed by atoms with Crippen LogP contribution in [0.1, 0.15) is 66.9 Å². The van der Waals surface area contributed by atoms with Crippen molar-refractivity contribution < 1.29 is 29.0 Å². The number of aromatic carboxylic acids is 1. The van der Waals surface area contributed by atoms with Crippen LogP contribution in [0.25, 0.3) is 21.8 Å². The van der Waals surface area contributed by atoms with Crippen molar-refractivity contribution in [3.8, 4) is 5.75 Å². The molecule has 9 heteroatoms. The van der Waals surface area contributed by atoms with Crippen molar-refractivity contribution in [2.75, 3.05) is 12.8 Å². The maximum absolute atomic E-state index is 12.4. The summed E-state index contributed by atoms with van der Waals surface area (Å²) in [6, 6.07) is 16.8. The zero-order chi connectivity index (χ0) is 28.0. The highest BCUT2D eigenvalue weighted by Crippen LogP contribution is 2.41. The summed E-state index contributed by atoms with van der Waals surface area (Å²) in [5.74, 6) is -0.512. The molecule has 3 N–H and O–H groups in total. The highest BCUT2D eigenvalue weighted by Gasteiger charge is 2.23. The number of aromatic nitrogens is 1. The van der Waals surface area contributed by atoms with Crippen LogP contribution < -0.4 is 4.74 Å². The third-order valence-electron chi connectivity index (χ3n) is 6.96. The smallest absolute Gasteiger partial charge is 0.336 e. The molecule has 0 aliphatic heterocycles. The Balaban J connectivity index is 1.87. The summed E-state index contributed by atoms with van der Waals surface area (Å²) in [4.78, 5) is 30.8. The Morgan fingerprint density at radius 3 is 2.38 bits per heavy atom. The van der Waals surface area contributed by atoms with Crippen molar-refractivity contribution in [2.24, 2.45) is 0 Å². The first-order valence-corrected chi connectivity index (χ1v) is 15.6. The predicted octanol–water partition coefficient (Wildman–Crippen LogP) is 7.65. The van der Waals surface area contributed by atoms with Crippen LogP contribution in [0.3, 0.4) is 0 Å². The minimum absolute atomic E-state index is 0.107. The van der Waals surface area contributed by atoms with Crippen LogP contribution in [-0.2, 0) is 17.5 Å². The van der Waals surface area contributed by atoms with Gasteiger partial charge >= 0.3 is 13.6 Å². The number of carboxylic acids is 1. The highest BCUT2D eigenvalue weighted by atomic mass is 35.5. The van der Waals surface area contributed by atoms with E-state index in [-0.39, 0.29) is 24.8 Å². The topological polar surface area (TPSA) is 109 Å². The molecule has 0 spiro atoms. The number of aryl methyl sites for hydroxylation is 1. The molecule has 0 saturated heterocycles. The number of carboxylic acid groups (broad SMARTS) is 1. The minimum atomic E-state index is -4.13. The zero-order valence-electron chi connectivity index (χ0n) is 22.1. The number of ether oxygens (including phenoxy) is 1. The molecule has 39 heavy (non-hydrogen) atoms. The lowest BCUT2D eigenvalue weighted by molar-refractivity contribution is 0.0699. The van der Waals surface area contributed by atoms with E-state index in [9.17, 15) is 24.3 Å². The number of carbonyl (C=O) groups is 1. The van der Waals surface area contributed by atoms with E-state index < -0.39 is 13.6 Å². The van der Waals surface area contributed by atoms with Crippen molar-refractivity contribution in [3.63, 3.8) is 0 Å². The monoisotopic (exact) mass is 571 g/mol. The molecule has 0 fully saturated rings. The lowest BCUT2D eigenvalue weighted by atomic mass is 10.00. The molecule has 4 aromatic rings. The third-order valence-corrected chi connectivity index (χ3v) is 8.11. The van der Waals surface area contributed by atoms with Crippen LogP contribution in [0, 0.1) is 0 Å². The SMILES string of the molecule is CCCCCCCc1ccc(OCCCP(=O)(O)O)c2c3c(C(=O)O)cccc3n(Cc3ccc(Cl)cc3)c12. The third kappa shape index (κ3) is 7.23. The summed E-state index contributed by atoms with van der Waals surface area (Å²) in [6.45, 7) is 2.82. The largest absolute Gasteiger partial charge is 0.493 e. The Kier molecular flexibility index (Phi) is 9.73. The quantitative estimate of drug-likeness (QED) is 0.106. The lowest BCUT2D eigenvalue weighted by Gasteiger charge is -2.14. The van der Waals surface area contributed by atoms with Gasteiger partial charge in [0.2, 0.25) is 0 Å². The first-order chi connectivity index (χ1) is 18.7. The summed E-state index contributed by atoms with van der Waals surface area (Å²) in [7, 11) is -4.13. The molecule has 0 saturated carbocycles. The second kappa shape index (κ2) is 13.0. The average molecular weight is 572 g/mol. The summed E-state index contributed by atoms with van der Waals surface area (Å²) < 4.78 is 19.6. The van der Waals surface area contributed by atoms with E-state index in [1.54, 1.807) is 12.1 Å². The number of rotatable bonds is 14. The van der Waals surface area contributed by atoms with Gasteiger partial charge in [-0.25, -0.2) is 4.79 Å². The lowest BCUT2D eigenvalue weighted by Crippen LogP contribution is -2.04. The molecule has 0 aliphatic carbocycles. The first kappa shape index (κ1) is 29.2. The van der Waals surface area contributed by atoms with Gasteiger partial charge in [-0.1, -0.05) is 68.5 Å². The molecule has 208 valence electrons. The molecule has 4 rings (SSSR count). The van der Waals surface area contributed by atoms with Crippen molar-refractivity contribution in [3.05, 3.63) is 76.3 Å². The fourth-order valence-electron chi connectivity index (χ4n) is 5.12. The first-order valence-electron chi connectivity index (χ1n) is 13.4. The van der Waals surface area contributed by atoms with E-state index in [0.29, 0.717) is 22.7 Å². The summed E-state index contributed by atoms with van der Waals surface area (Å²) in [5, 5.41) is 12.1. The average Bonchev–Trinajstić information content (AvgIpc) is 3.22. The summed E-state index contributed by atoms with van der Waals surface area (Å²) in [6.07, 6.45) is 6.45. The van der Waals surface area contributed by atoms with Gasteiger partial charge in [0.05, 0.1) is 34.8 Å². The Labute approximate surface area is 233 Å². The summed E-state index contributed by atoms with van der Waals surface area (Å²) >= 11 is 6.13. The molecular weight excluding hydrogens is 537 g/mol. The van der Waals surface area contributed by atoms with Crippen molar-refractivity contribution >= 4 is 47.0 Å². The van der Waals surface area contributed by atoms with Crippen LogP contribution in [0.2, 0.25) is 5.02 Å². The molecular formula is C30H35ClNO6P. The molecule has 7 nitrogen and oxygen atoms in total. The number of unbranched alkanes of at least 4 members (excludes halogenated alkanes) is 4. The van der Waals surface area contributed by atoms with E-state index in [4.69, 9.17) is 16.3 Å². The van der Waals surface area contributed by atoms with Crippen LogP contribution >= 0.6 is 19.2 Å². The molecule has 0 radical (unpaired) electrons. The van der Waals surface area contributed by atoms with E-state index >= 15 is 0 Å². The van der Waals surface area contributed by atoms with Crippen molar-refractivity contribution in [1.29, 1.82) is 0 Å². The van der Waals surface area contributed by atoms with E-state index in [2.05, 4.69) is 11.5 Å². The normalized spacial score (nSPS) is 11.9.